The van der Waals surface area contributed by atoms with Gasteiger partial charge in [0.2, 0.25) is 5.76 Å². The van der Waals surface area contributed by atoms with Gasteiger partial charge in [0.25, 0.3) is 0 Å². The van der Waals surface area contributed by atoms with E-state index in [0.29, 0.717) is 5.56 Å². The first-order valence-corrected chi connectivity index (χ1v) is 8.06. The molecule has 0 aliphatic heterocycles. The van der Waals surface area contributed by atoms with Gasteiger partial charge >= 0.3 is 6.18 Å². The van der Waals surface area contributed by atoms with Gasteiger partial charge in [-0.25, -0.2) is 0 Å². The van der Waals surface area contributed by atoms with Crippen LogP contribution in [0.5, 0.6) is 0 Å². The fraction of sp³-hybridized carbons (Fsp3) is 0.500. The van der Waals surface area contributed by atoms with Gasteiger partial charge in [-0.15, -0.1) is 0 Å². The number of alkyl halides is 3. The first kappa shape index (κ1) is 18.5. The predicted molar refractivity (Wildman–Crippen MR) is 86.2 cm³/mol. The van der Waals surface area contributed by atoms with E-state index in [9.17, 15) is 23.4 Å². The smallest absolute Gasteiger partial charge is 0.449 e. The number of allylic oxidation sites excluding steroid dienone is 2. The van der Waals surface area contributed by atoms with E-state index < -0.39 is 23.6 Å². The van der Waals surface area contributed by atoms with Crippen molar-refractivity contribution in [1.82, 2.24) is 0 Å². The Morgan fingerprint density at radius 3 is 2.17 bits per heavy atom. The van der Waals surface area contributed by atoms with Crippen LogP contribution >= 0.6 is 0 Å². The Bertz CT molecular complexity index is 614. The molecule has 0 saturated heterocycles. The maximum absolute atomic E-state index is 12.5. The summed E-state index contributed by atoms with van der Waals surface area (Å²) in [6.07, 6.45) is -0.119. The summed E-state index contributed by atoms with van der Waals surface area (Å²) in [6, 6.07) is 6.30. The van der Waals surface area contributed by atoms with E-state index >= 15 is 0 Å². The molecule has 3 N–H and O–H groups in total. The van der Waals surface area contributed by atoms with E-state index in [1.54, 1.807) is 12.1 Å². The Morgan fingerprint density at radius 1 is 1.12 bits per heavy atom. The summed E-state index contributed by atoms with van der Waals surface area (Å²) in [7, 11) is 0. The average molecular weight is 341 g/mol. The minimum Gasteiger partial charge on any atom is -0.504 e. The van der Waals surface area contributed by atoms with Crippen molar-refractivity contribution in [3.8, 4) is 0 Å². The molecule has 0 bridgehead atoms. The highest BCUT2D eigenvalue weighted by molar-refractivity contribution is 6.10. The van der Waals surface area contributed by atoms with Crippen molar-refractivity contribution in [3.05, 3.63) is 46.7 Å². The molecule has 3 nitrogen and oxygen atoms in total. The summed E-state index contributed by atoms with van der Waals surface area (Å²) in [6.45, 7) is 1.07. The zero-order valence-corrected chi connectivity index (χ0v) is 13.5. The van der Waals surface area contributed by atoms with Crippen molar-refractivity contribution in [3.63, 3.8) is 0 Å². The molecule has 24 heavy (non-hydrogen) atoms. The van der Waals surface area contributed by atoms with Gasteiger partial charge in [0.05, 0.1) is 11.8 Å². The number of aliphatic hydroxyl groups excluding tert-OH is 2. The summed E-state index contributed by atoms with van der Waals surface area (Å²) in [5.74, 6) is -1.54. The predicted octanol–water partition coefficient (Wildman–Crippen LogP) is 5.06. The van der Waals surface area contributed by atoms with Crippen molar-refractivity contribution in [2.24, 2.45) is 5.92 Å². The van der Waals surface area contributed by atoms with Gasteiger partial charge in [0.1, 0.15) is 0 Å². The number of rotatable bonds is 4. The first-order chi connectivity index (χ1) is 11.2. The third-order valence-corrected chi connectivity index (χ3v) is 4.64. The standard InChI is InChI=1S/C18H22F3NO2/c1-11(17(24)18(19,20)21)15(22)12-7-9-14(10-8-12)16(23)13-5-3-2-4-6-13/h7-10,13,16,22-24H,2-6H2,1H3/b17-11-,22-15?. The average Bonchev–Trinajstić information content (AvgIpc) is 2.59. The lowest BCUT2D eigenvalue weighted by Gasteiger charge is -2.27. The fourth-order valence-electron chi connectivity index (χ4n) is 3.12. The zero-order valence-electron chi connectivity index (χ0n) is 13.5. The number of hydrogen-bond acceptors (Lipinski definition) is 3. The summed E-state index contributed by atoms with van der Waals surface area (Å²) >= 11 is 0. The second kappa shape index (κ2) is 7.38. The SMILES string of the molecule is C/C(C(=N)c1ccc(C(O)C2CCCCC2)cc1)=C(/O)C(F)(F)F. The highest BCUT2D eigenvalue weighted by atomic mass is 19.4. The minimum absolute atomic E-state index is 0.208. The topological polar surface area (TPSA) is 64.3 Å². The molecule has 132 valence electrons. The highest BCUT2D eigenvalue weighted by Crippen LogP contribution is 2.34. The van der Waals surface area contributed by atoms with Gasteiger partial charge in [-0.2, -0.15) is 13.2 Å². The van der Waals surface area contributed by atoms with Crippen LogP contribution in [0.3, 0.4) is 0 Å². The molecule has 2 rings (SSSR count). The molecule has 0 heterocycles. The molecule has 1 unspecified atom stereocenters. The van der Waals surface area contributed by atoms with Gasteiger partial charge in [-0.1, -0.05) is 43.5 Å². The molecule has 0 radical (unpaired) electrons. The van der Waals surface area contributed by atoms with Gasteiger partial charge in [-0.3, -0.25) is 5.41 Å². The maximum atomic E-state index is 12.5. The van der Waals surface area contributed by atoms with Gasteiger partial charge in [0, 0.05) is 5.57 Å². The van der Waals surface area contributed by atoms with Crippen LogP contribution in [0.15, 0.2) is 35.6 Å². The lowest BCUT2D eigenvalue weighted by molar-refractivity contribution is -0.121. The van der Waals surface area contributed by atoms with E-state index in [0.717, 1.165) is 32.6 Å². The molecule has 0 amide bonds. The van der Waals surface area contributed by atoms with Crippen LogP contribution in [0.2, 0.25) is 0 Å². The van der Waals surface area contributed by atoms with E-state index in [1.165, 1.54) is 18.6 Å². The summed E-state index contributed by atoms with van der Waals surface area (Å²) in [5, 5.41) is 27.4. The Balaban J connectivity index is 2.15. The summed E-state index contributed by atoms with van der Waals surface area (Å²) in [5.41, 5.74) is 0.0645. The quantitative estimate of drug-likeness (QED) is 0.529. The molecule has 0 aromatic heterocycles. The lowest BCUT2D eigenvalue weighted by Crippen LogP contribution is -2.17. The van der Waals surface area contributed by atoms with Crippen molar-refractivity contribution in [2.75, 3.05) is 0 Å². The molecule has 0 spiro atoms. The number of halogens is 3. The molecule has 1 saturated carbocycles. The third-order valence-electron chi connectivity index (χ3n) is 4.64. The second-order valence-corrected chi connectivity index (χ2v) is 6.31. The molecular weight excluding hydrogens is 319 g/mol. The van der Waals surface area contributed by atoms with Crippen LogP contribution < -0.4 is 0 Å². The van der Waals surface area contributed by atoms with Crippen molar-refractivity contribution in [2.45, 2.75) is 51.3 Å². The van der Waals surface area contributed by atoms with Crippen molar-refractivity contribution >= 4 is 5.71 Å². The van der Waals surface area contributed by atoms with Crippen LogP contribution in [0.4, 0.5) is 13.2 Å². The van der Waals surface area contributed by atoms with Gasteiger partial charge in [-0.05, 0) is 36.8 Å². The molecule has 1 aromatic rings. The Morgan fingerprint density at radius 2 is 1.67 bits per heavy atom. The van der Waals surface area contributed by atoms with E-state index in [4.69, 9.17) is 5.41 Å². The molecule has 1 aromatic carbocycles. The van der Waals surface area contributed by atoms with Crippen LogP contribution in [0.1, 0.15) is 56.3 Å². The maximum Gasteiger partial charge on any atom is 0.449 e. The normalized spacial score (nSPS) is 18.9. The van der Waals surface area contributed by atoms with Crippen molar-refractivity contribution in [1.29, 1.82) is 5.41 Å². The second-order valence-electron chi connectivity index (χ2n) is 6.31. The lowest BCUT2D eigenvalue weighted by atomic mass is 9.82. The Labute approximate surface area is 139 Å². The first-order valence-electron chi connectivity index (χ1n) is 8.06. The molecule has 6 heteroatoms. The Kier molecular flexibility index (Phi) is 5.70. The number of benzene rings is 1. The summed E-state index contributed by atoms with van der Waals surface area (Å²) in [4.78, 5) is 0. The monoisotopic (exact) mass is 341 g/mol. The number of hydrogen-bond donors (Lipinski definition) is 3. The summed E-state index contributed by atoms with van der Waals surface area (Å²) < 4.78 is 37.5. The van der Waals surface area contributed by atoms with Gasteiger partial charge < -0.3 is 10.2 Å². The van der Waals surface area contributed by atoms with Crippen molar-refractivity contribution < 1.29 is 23.4 Å². The third kappa shape index (κ3) is 4.17. The van der Waals surface area contributed by atoms with Crippen LogP contribution in [0, 0.1) is 11.3 Å². The van der Waals surface area contributed by atoms with E-state index in [2.05, 4.69) is 0 Å². The number of aliphatic hydroxyl groups is 2. The highest BCUT2D eigenvalue weighted by Gasteiger charge is 2.36. The van der Waals surface area contributed by atoms with Gasteiger partial charge in [0.15, 0.2) is 0 Å². The van der Waals surface area contributed by atoms with Crippen LogP contribution in [-0.4, -0.2) is 22.1 Å². The molecule has 1 atom stereocenters. The fourth-order valence-corrected chi connectivity index (χ4v) is 3.12. The molecule has 1 fully saturated rings. The molecule has 1 aliphatic rings. The minimum atomic E-state index is -4.87. The molecule has 1 aliphatic carbocycles. The van der Waals surface area contributed by atoms with E-state index in [-0.39, 0.29) is 17.2 Å². The largest absolute Gasteiger partial charge is 0.504 e. The van der Waals surface area contributed by atoms with Crippen LogP contribution in [0.25, 0.3) is 0 Å². The number of nitrogens with one attached hydrogen (secondary N) is 1. The molecular formula is C18H22F3NO2. The zero-order chi connectivity index (χ0) is 17.9. The van der Waals surface area contributed by atoms with E-state index in [1.807, 2.05) is 0 Å². The Hall–Kier alpha value is -1.82. The van der Waals surface area contributed by atoms with Crippen LogP contribution in [-0.2, 0) is 0 Å².